The molecule has 3 N–H and O–H groups in total. The average molecular weight is 355 g/mol. The predicted octanol–water partition coefficient (Wildman–Crippen LogP) is 3.68. The highest BCUT2D eigenvalue weighted by atomic mass is 16.4. The molecule has 2 aromatic heterocycles. The second-order valence-electron chi connectivity index (χ2n) is 5.96. The number of benzene rings is 2. The number of pyridine rings is 1. The van der Waals surface area contributed by atoms with Crippen LogP contribution in [0.15, 0.2) is 69.9 Å². The Morgan fingerprint density at radius 3 is 2.63 bits per heavy atom. The second kappa shape index (κ2) is 6.32. The van der Waals surface area contributed by atoms with Crippen molar-refractivity contribution in [2.24, 2.45) is 0 Å². The number of para-hydroxylation sites is 1. The first-order valence-corrected chi connectivity index (χ1v) is 8.10. The zero-order valence-electron chi connectivity index (χ0n) is 14.0. The van der Waals surface area contributed by atoms with Crippen molar-refractivity contribution >= 4 is 16.8 Å². The van der Waals surface area contributed by atoms with Crippen molar-refractivity contribution in [3.05, 3.63) is 76.6 Å². The highest BCUT2D eigenvalue weighted by Crippen LogP contribution is 2.32. The molecular weight excluding hydrogens is 342 g/mol. The summed E-state index contributed by atoms with van der Waals surface area (Å²) in [5, 5.41) is 20.0. The van der Waals surface area contributed by atoms with E-state index in [1.54, 1.807) is 36.4 Å². The van der Waals surface area contributed by atoms with E-state index in [1.807, 2.05) is 18.2 Å². The van der Waals surface area contributed by atoms with Gasteiger partial charge in [0.1, 0.15) is 28.8 Å². The van der Waals surface area contributed by atoms with Gasteiger partial charge in [0.25, 0.3) is 0 Å². The van der Waals surface area contributed by atoms with Crippen molar-refractivity contribution in [3.8, 4) is 34.2 Å². The smallest absolute Gasteiger partial charge is 0.345 e. The van der Waals surface area contributed by atoms with E-state index < -0.39 is 5.63 Å². The molecule has 0 bridgehead atoms. The number of aromatic hydroxyl groups is 1. The molecule has 2 aromatic carbocycles. The molecule has 0 unspecified atom stereocenters. The fourth-order valence-electron chi connectivity index (χ4n) is 2.96. The van der Waals surface area contributed by atoms with Gasteiger partial charge in [-0.25, -0.2) is 9.78 Å². The molecule has 0 atom stereocenters. The van der Waals surface area contributed by atoms with Gasteiger partial charge < -0.3 is 15.3 Å². The number of aromatic nitrogens is 1. The van der Waals surface area contributed by atoms with Gasteiger partial charge in [0.15, 0.2) is 0 Å². The minimum absolute atomic E-state index is 0.000835. The first-order chi connectivity index (χ1) is 13.1. The molecule has 0 aliphatic rings. The van der Waals surface area contributed by atoms with Crippen LogP contribution in [0.2, 0.25) is 0 Å². The Bertz CT molecular complexity index is 1290. The summed E-state index contributed by atoms with van der Waals surface area (Å²) in [6.07, 6.45) is 0. The lowest BCUT2D eigenvalue weighted by Crippen LogP contribution is -2.06. The van der Waals surface area contributed by atoms with E-state index in [1.165, 1.54) is 12.1 Å². The molecule has 0 aliphatic heterocycles. The number of anilines is 1. The highest BCUT2D eigenvalue weighted by molar-refractivity contribution is 5.84. The molecule has 0 amide bonds. The third-order valence-corrected chi connectivity index (χ3v) is 4.23. The number of nitriles is 1. The number of hydrogen-bond donors (Lipinski definition) is 2. The summed E-state index contributed by atoms with van der Waals surface area (Å²) >= 11 is 0. The summed E-state index contributed by atoms with van der Waals surface area (Å²) in [4.78, 5) is 16.7. The van der Waals surface area contributed by atoms with Crippen molar-refractivity contribution in [2.75, 3.05) is 5.73 Å². The first-order valence-electron chi connectivity index (χ1n) is 8.10. The zero-order valence-corrected chi connectivity index (χ0v) is 14.0. The number of phenols is 1. The van der Waals surface area contributed by atoms with Crippen LogP contribution in [0.5, 0.6) is 5.75 Å². The Hall–Kier alpha value is -4.11. The number of nitrogens with zero attached hydrogens (tertiary/aromatic N) is 2. The molecule has 130 valence electrons. The van der Waals surface area contributed by atoms with Crippen LogP contribution in [0.1, 0.15) is 5.56 Å². The van der Waals surface area contributed by atoms with Crippen molar-refractivity contribution in [2.45, 2.75) is 0 Å². The Labute approximate surface area is 153 Å². The Kier molecular flexibility index (Phi) is 3.83. The second-order valence-corrected chi connectivity index (χ2v) is 5.96. The lowest BCUT2D eigenvalue weighted by atomic mass is 9.98. The summed E-state index contributed by atoms with van der Waals surface area (Å²) < 4.78 is 5.37. The zero-order chi connectivity index (χ0) is 19.0. The molecule has 0 aliphatic carbocycles. The van der Waals surface area contributed by atoms with Crippen LogP contribution in [0.3, 0.4) is 0 Å². The fourth-order valence-corrected chi connectivity index (χ4v) is 2.96. The van der Waals surface area contributed by atoms with E-state index in [4.69, 9.17) is 10.2 Å². The number of hydrogen-bond acceptors (Lipinski definition) is 6. The van der Waals surface area contributed by atoms with Crippen molar-refractivity contribution < 1.29 is 9.52 Å². The van der Waals surface area contributed by atoms with Crippen LogP contribution in [0.25, 0.3) is 33.4 Å². The van der Waals surface area contributed by atoms with Gasteiger partial charge in [-0.3, -0.25) is 0 Å². The molecule has 4 aromatic rings. The first kappa shape index (κ1) is 16.4. The third-order valence-electron chi connectivity index (χ3n) is 4.23. The minimum atomic E-state index is -0.549. The number of phenolic OH excluding ortho intramolecular Hbond substituents is 1. The lowest BCUT2D eigenvalue weighted by Gasteiger charge is -2.10. The standard InChI is InChI=1S/C21H13N3O3/c22-11-17-15(12-5-3-6-14(25)8-12)10-18(24-20(17)23)16-9-13-4-1-2-7-19(13)27-21(16)26/h1-10,25H,(H2,23,24). The third kappa shape index (κ3) is 2.87. The van der Waals surface area contributed by atoms with Crippen LogP contribution < -0.4 is 11.4 Å². The average Bonchev–Trinajstić information content (AvgIpc) is 2.66. The van der Waals surface area contributed by atoms with Gasteiger partial charge in [-0.05, 0) is 35.9 Å². The molecule has 27 heavy (non-hydrogen) atoms. The molecule has 6 heteroatoms. The van der Waals surface area contributed by atoms with Gasteiger partial charge in [-0.15, -0.1) is 0 Å². The number of fused-ring (bicyclic) bond motifs is 1. The van der Waals surface area contributed by atoms with Gasteiger partial charge in [0.05, 0.1) is 11.3 Å². The van der Waals surface area contributed by atoms with Crippen LogP contribution >= 0.6 is 0 Å². The minimum Gasteiger partial charge on any atom is -0.508 e. The van der Waals surface area contributed by atoms with E-state index in [-0.39, 0.29) is 22.7 Å². The van der Waals surface area contributed by atoms with Crippen LogP contribution in [0.4, 0.5) is 5.82 Å². The summed E-state index contributed by atoms with van der Waals surface area (Å²) in [6, 6.07) is 18.9. The van der Waals surface area contributed by atoms with Crippen molar-refractivity contribution in [1.82, 2.24) is 4.98 Å². The molecule has 0 saturated carbocycles. The van der Waals surface area contributed by atoms with E-state index in [2.05, 4.69) is 4.98 Å². The molecule has 2 heterocycles. The molecule has 4 rings (SSSR count). The number of rotatable bonds is 2. The molecular formula is C21H13N3O3. The van der Waals surface area contributed by atoms with Gasteiger partial charge in [-0.2, -0.15) is 5.26 Å². The summed E-state index contributed by atoms with van der Waals surface area (Å²) in [7, 11) is 0. The maximum atomic E-state index is 12.4. The highest BCUT2D eigenvalue weighted by Gasteiger charge is 2.16. The largest absolute Gasteiger partial charge is 0.508 e. The summed E-state index contributed by atoms with van der Waals surface area (Å²) in [6.45, 7) is 0. The van der Waals surface area contributed by atoms with Gasteiger partial charge in [0.2, 0.25) is 0 Å². The lowest BCUT2D eigenvalue weighted by molar-refractivity contribution is 0.475. The van der Waals surface area contributed by atoms with Crippen LogP contribution in [0, 0.1) is 11.3 Å². The van der Waals surface area contributed by atoms with E-state index in [0.29, 0.717) is 22.4 Å². The maximum Gasteiger partial charge on any atom is 0.345 e. The molecule has 0 radical (unpaired) electrons. The molecule has 0 fully saturated rings. The van der Waals surface area contributed by atoms with Gasteiger partial charge >= 0.3 is 5.63 Å². The van der Waals surface area contributed by atoms with E-state index >= 15 is 0 Å². The fraction of sp³-hybridized carbons (Fsp3) is 0. The molecule has 0 saturated heterocycles. The van der Waals surface area contributed by atoms with Crippen LogP contribution in [-0.2, 0) is 0 Å². The van der Waals surface area contributed by atoms with E-state index in [9.17, 15) is 15.2 Å². The normalized spacial score (nSPS) is 10.6. The van der Waals surface area contributed by atoms with E-state index in [0.717, 1.165) is 5.39 Å². The summed E-state index contributed by atoms with van der Waals surface area (Å²) in [5.74, 6) is 0.0550. The molecule has 6 nitrogen and oxygen atoms in total. The Morgan fingerprint density at radius 2 is 1.85 bits per heavy atom. The summed E-state index contributed by atoms with van der Waals surface area (Å²) in [5.41, 5.74) is 7.68. The number of nitrogen functional groups attached to an aromatic ring is 1. The molecule has 0 spiro atoms. The number of nitrogens with two attached hydrogens (primary N) is 1. The van der Waals surface area contributed by atoms with Crippen molar-refractivity contribution in [1.29, 1.82) is 5.26 Å². The van der Waals surface area contributed by atoms with Gasteiger partial charge in [0, 0.05) is 10.9 Å². The monoisotopic (exact) mass is 355 g/mol. The topological polar surface area (TPSA) is 113 Å². The van der Waals surface area contributed by atoms with Crippen molar-refractivity contribution in [3.63, 3.8) is 0 Å². The Balaban J connectivity index is 1.99. The van der Waals surface area contributed by atoms with Gasteiger partial charge in [-0.1, -0.05) is 30.3 Å². The quantitative estimate of drug-likeness (QED) is 0.530. The Morgan fingerprint density at radius 1 is 1.04 bits per heavy atom. The predicted molar refractivity (Wildman–Crippen MR) is 102 cm³/mol. The van der Waals surface area contributed by atoms with Crippen LogP contribution in [-0.4, -0.2) is 10.1 Å². The SMILES string of the molecule is N#Cc1c(-c2cccc(O)c2)cc(-c2cc3ccccc3oc2=O)nc1N. The maximum absolute atomic E-state index is 12.4.